The van der Waals surface area contributed by atoms with Crippen molar-refractivity contribution >= 4 is 11.9 Å². The number of alkyl halides is 3. The van der Waals surface area contributed by atoms with E-state index in [9.17, 15) is 22.8 Å². The van der Waals surface area contributed by atoms with Gasteiger partial charge >= 0.3 is 18.1 Å². The molecule has 9 heteroatoms. The minimum Gasteiger partial charge on any atom is -0.462 e. The summed E-state index contributed by atoms with van der Waals surface area (Å²) in [5.41, 5.74) is -3.67. The molecule has 1 fully saturated rings. The van der Waals surface area contributed by atoms with Crippen molar-refractivity contribution in [3.8, 4) is 0 Å². The highest BCUT2D eigenvalue weighted by atomic mass is 19.4. The van der Waals surface area contributed by atoms with E-state index in [1.807, 2.05) is 0 Å². The van der Waals surface area contributed by atoms with Crippen molar-refractivity contribution in [2.45, 2.75) is 43.4 Å². The van der Waals surface area contributed by atoms with Crippen LogP contribution in [0.3, 0.4) is 0 Å². The molecule has 0 spiro atoms. The van der Waals surface area contributed by atoms with Gasteiger partial charge in [0.2, 0.25) is 0 Å². The number of methoxy groups -OCH3 is 1. The highest BCUT2D eigenvalue weighted by molar-refractivity contribution is 5.83. The molecule has 0 radical (unpaired) electrons. The van der Waals surface area contributed by atoms with E-state index in [0.717, 1.165) is 19.2 Å². The Morgan fingerprint density at radius 3 is 2.47 bits per heavy atom. The van der Waals surface area contributed by atoms with Crippen LogP contribution in [-0.2, 0) is 34.1 Å². The Morgan fingerprint density at radius 2 is 1.93 bits per heavy atom. The van der Waals surface area contributed by atoms with Gasteiger partial charge < -0.3 is 18.9 Å². The predicted octanol–water partition coefficient (Wildman–Crippen LogP) is 3.47. The molecule has 0 saturated carbocycles. The van der Waals surface area contributed by atoms with Crippen LogP contribution in [0.1, 0.15) is 18.9 Å². The van der Waals surface area contributed by atoms with Crippen molar-refractivity contribution in [3.05, 3.63) is 60.7 Å². The summed E-state index contributed by atoms with van der Waals surface area (Å²) in [6, 6.07) is 6.56. The van der Waals surface area contributed by atoms with Gasteiger partial charge in [-0.1, -0.05) is 42.5 Å². The van der Waals surface area contributed by atoms with E-state index >= 15 is 0 Å². The van der Waals surface area contributed by atoms with Gasteiger partial charge in [-0.15, -0.1) is 6.58 Å². The van der Waals surface area contributed by atoms with Gasteiger partial charge in [-0.2, -0.15) is 13.2 Å². The molecule has 1 saturated heterocycles. The molecule has 0 amide bonds. The first kappa shape index (κ1) is 23.6. The van der Waals surface area contributed by atoms with Crippen LogP contribution in [0.4, 0.5) is 13.2 Å². The second-order valence-electron chi connectivity index (χ2n) is 6.53. The van der Waals surface area contributed by atoms with E-state index in [1.54, 1.807) is 6.08 Å². The monoisotopic (exact) mass is 428 g/mol. The molecule has 6 nitrogen and oxygen atoms in total. The molecule has 4 atom stereocenters. The molecule has 1 aromatic rings. The molecule has 1 aliphatic rings. The zero-order valence-corrected chi connectivity index (χ0v) is 16.6. The zero-order chi connectivity index (χ0) is 22.4. The van der Waals surface area contributed by atoms with Gasteiger partial charge in [-0.05, 0) is 6.08 Å². The molecule has 1 aliphatic heterocycles. The summed E-state index contributed by atoms with van der Waals surface area (Å²) in [6.07, 6.45) is -2.86. The third-order valence-electron chi connectivity index (χ3n) is 4.56. The molecular weight excluding hydrogens is 405 g/mol. The third-order valence-corrected chi connectivity index (χ3v) is 4.56. The number of esters is 2. The lowest BCUT2D eigenvalue weighted by molar-refractivity contribution is -0.278. The second-order valence-corrected chi connectivity index (χ2v) is 6.53. The fourth-order valence-corrected chi connectivity index (χ4v) is 3.13. The van der Waals surface area contributed by atoms with Crippen LogP contribution < -0.4 is 0 Å². The number of carbonyl (C=O) groups is 2. The number of carbonyl (C=O) groups excluding carboxylic acids is 2. The fourth-order valence-electron chi connectivity index (χ4n) is 3.13. The number of hydrogen-bond acceptors (Lipinski definition) is 6. The zero-order valence-electron chi connectivity index (χ0n) is 16.6. The van der Waals surface area contributed by atoms with E-state index in [0.29, 0.717) is 0 Å². The minimum absolute atomic E-state index is 0.0211. The maximum atomic E-state index is 14.0. The number of hydrogen-bond donors (Lipinski definition) is 0. The average molecular weight is 428 g/mol. The van der Waals surface area contributed by atoms with Gasteiger partial charge in [0.05, 0.1) is 6.10 Å². The van der Waals surface area contributed by atoms with Gasteiger partial charge in [0.1, 0.15) is 18.8 Å². The molecular formula is C21H23F3O6. The SMILES string of the molecule is C=C[C@@H]1O[C@@H](/C=C/COC(C)=O)C[C@@H]1OC(=O)[C@](OC)(c1ccccc1)C(F)(F)F. The summed E-state index contributed by atoms with van der Waals surface area (Å²) < 4.78 is 62.3. The van der Waals surface area contributed by atoms with Crippen molar-refractivity contribution in [1.82, 2.24) is 0 Å². The van der Waals surface area contributed by atoms with Crippen molar-refractivity contribution < 1.29 is 41.7 Å². The van der Waals surface area contributed by atoms with E-state index in [-0.39, 0.29) is 13.0 Å². The summed E-state index contributed by atoms with van der Waals surface area (Å²) in [5, 5.41) is 0. The molecule has 0 unspecified atom stereocenters. The van der Waals surface area contributed by atoms with E-state index in [2.05, 4.69) is 6.58 Å². The average Bonchev–Trinajstić information content (AvgIpc) is 3.07. The number of benzene rings is 1. The lowest BCUT2D eigenvalue weighted by Crippen LogP contribution is -2.53. The Balaban J connectivity index is 2.20. The van der Waals surface area contributed by atoms with Crippen LogP contribution in [0.5, 0.6) is 0 Å². The van der Waals surface area contributed by atoms with Gasteiger partial charge in [0.15, 0.2) is 0 Å². The van der Waals surface area contributed by atoms with Gasteiger partial charge in [-0.3, -0.25) is 4.79 Å². The summed E-state index contributed by atoms with van der Waals surface area (Å²) >= 11 is 0. The number of rotatable bonds is 8. The molecule has 1 aromatic carbocycles. The van der Waals surface area contributed by atoms with E-state index in [4.69, 9.17) is 18.9 Å². The Morgan fingerprint density at radius 1 is 1.27 bits per heavy atom. The molecule has 30 heavy (non-hydrogen) atoms. The van der Waals surface area contributed by atoms with Crippen LogP contribution in [0, 0.1) is 0 Å². The van der Waals surface area contributed by atoms with Crippen LogP contribution >= 0.6 is 0 Å². The molecule has 0 bridgehead atoms. The first-order valence-corrected chi connectivity index (χ1v) is 9.12. The third kappa shape index (κ3) is 5.09. The predicted molar refractivity (Wildman–Crippen MR) is 100 cm³/mol. The van der Waals surface area contributed by atoms with Crippen LogP contribution in [-0.4, -0.2) is 50.1 Å². The van der Waals surface area contributed by atoms with E-state index in [1.165, 1.54) is 37.3 Å². The molecule has 0 aliphatic carbocycles. The first-order valence-electron chi connectivity index (χ1n) is 9.12. The molecule has 0 aromatic heterocycles. The highest BCUT2D eigenvalue weighted by Gasteiger charge is 2.64. The fraction of sp³-hybridized carbons (Fsp3) is 0.429. The minimum atomic E-state index is -5.06. The van der Waals surface area contributed by atoms with E-state index < -0.39 is 47.6 Å². The lowest BCUT2D eigenvalue weighted by Gasteiger charge is -2.33. The smallest absolute Gasteiger partial charge is 0.432 e. The van der Waals surface area contributed by atoms with Gasteiger partial charge in [-0.25, -0.2) is 4.79 Å². The Bertz CT molecular complexity index is 777. The summed E-state index contributed by atoms with van der Waals surface area (Å²) in [7, 11) is 0.804. The largest absolute Gasteiger partial charge is 0.462 e. The first-order chi connectivity index (χ1) is 14.2. The molecule has 1 heterocycles. The summed E-state index contributed by atoms with van der Waals surface area (Å²) in [4.78, 5) is 23.5. The van der Waals surface area contributed by atoms with Crippen LogP contribution in [0.15, 0.2) is 55.1 Å². The summed E-state index contributed by atoms with van der Waals surface area (Å²) in [6.45, 7) is 4.86. The number of halogens is 3. The molecule has 164 valence electrons. The quantitative estimate of drug-likeness (QED) is 0.467. The van der Waals surface area contributed by atoms with Gasteiger partial charge in [0, 0.05) is 26.0 Å². The lowest BCUT2D eigenvalue weighted by atomic mass is 9.92. The maximum absolute atomic E-state index is 14.0. The van der Waals surface area contributed by atoms with Crippen LogP contribution in [0.2, 0.25) is 0 Å². The maximum Gasteiger partial charge on any atom is 0.432 e. The van der Waals surface area contributed by atoms with Crippen LogP contribution in [0.25, 0.3) is 0 Å². The second kappa shape index (κ2) is 9.90. The van der Waals surface area contributed by atoms with Crippen molar-refractivity contribution in [2.24, 2.45) is 0 Å². The Kier molecular flexibility index (Phi) is 7.80. The summed E-state index contributed by atoms with van der Waals surface area (Å²) in [5.74, 6) is -2.04. The Labute approximate surface area is 172 Å². The van der Waals surface area contributed by atoms with Crippen molar-refractivity contribution in [2.75, 3.05) is 13.7 Å². The Hall–Kier alpha value is -2.65. The normalized spacial score (nSPS) is 23.7. The van der Waals surface area contributed by atoms with Crippen molar-refractivity contribution in [1.29, 1.82) is 0 Å². The standard InChI is InChI=1S/C21H23F3O6/c1-4-17-18(13-16(29-17)11-8-12-28-14(2)25)30-19(26)20(27-3,21(22,23)24)15-9-6-5-7-10-15/h4-11,16-18H,1,12-13H2,2-3H3/b11-8+/t16-,17-,18-,20+/m0/s1. The molecule has 0 N–H and O–H groups in total. The van der Waals surface area contributed by atoms with Gasteiger partial charge in [0.25, 0.3) is 5.60 Å². The number of ether oxygens (including phenoxy) is 4. The topological polar surface area (TPSA) is 71.1 Å². The molecule has 2 rings (SSSR count). The highest BCUT2D eigenvalue weighted by Crippen LogP contribution is 2.43. The van der Waals surface area contributed by atoms with Crippen molar-refractivity contribution in [3.63, 3.8) is 0 Å².